The summed E-state index contributed by atoms with van der Waals surface area (Å²) in [6.07, 6.45) is 2.00. The van der Waals surface area contributed by atoms with Crippen LogP contribution in [0.1, 0.15) is 78.6 Å². The van der Waals surface area contributed by atoms with Gasteiger partial charge in [-0.05, 0) is 39.5 Å². The molecular weight excluding hydrogens is 527 g/mol. The quantitative estimate of drug-likeness (QED) is 0.0894. The normalized spacial score (nSPS) is 31.7. The molecule has 4 N–H and O–H groups in total. The maximum absolute atomic E-state index is 12.5. The van der Waals surface area contributed by atoms with Gasteiger partial charge in [-0.2, -0.15) is 0 Å². The first kappa shape index (κ1) is 32.5. The number of aliphatic carboxylic acids is 1. The van der Waals surface area contributed by atoms with Crippen molar-refractivity contribution in [3.8, 4) is 0 Å². The van der Waals surface area contributed by atoms with E-state index in [0.717, 1.165) is 25.7 Å². The molecule has 2 unspecified atom stereocenters. The summed E-state index contributed by atoms with van der Waals surface area (Å²) in [7, 11) is 0. The maximum atomic E-state index is 12.5. The molecule has 0 amide bonds. The molecule has 2 rings (SSSR count). The number of carbonyl (C=O) groups excluding carboxylic acids is 1. The van der Waals surface area contributed by atoms with E-state index in [1.54, 1.807) is 13.8 Å². The van der Waals surface area contributed by atoms with Gasteiger partial charge in [0.2, 0.25) is 0 Å². The number of aliphatic hydroxyl groups is 3. The zero-order chi connectivity index (χ0) is 27.8. The molecule has 0 radical (unpaired) electrons. The maximum Gasteiger partial charge on any atom is 0.325 e. The summed E-state index contributed by atoms with van der Waals surface area (Å²) in [5, 5.41) is 38.6. The van der Waals surface area contributed by atoms with Gasteiger partial charge in [-0.3, -0.25) is 9.59 Å². The molecule has 2 fully saturated rings. The van der Waals surface area contributed by atoms with Gasteiger partial charge in [0.1, 0.15) is 11.5 Å². The zero-order valence-electron chi connectivity index (χ0n) is 22.1. The van der Waals surface area contributed by atoms with Crippen LogP contribution in [-0.4, -0.2) is 92.5 Å². The lowest BCUT2D eigenvalue weighted by Crippen LogP contribution is -2.53. The number of alkyl halides is 2. The van der Waals surface area contributed by atoms with Gasteiger partial charge in [-0.15, -0.1) is 23.2 Å². The minimum atomic E-state index is -1.27. The van der Waals surface area contributed by atoms with Gasteiger partial charge in [-0.25, -0.2) is 0 Å². The molecule has 10 atom stereocenters. The fraction of sp³-hybridized carbons (Fsp3) is 0.923. The predicted octanol–water partition coefficient (Wildman–Crippen LogP) is 3.25. The van der Waals surface area contributed by atoms with Crippen molar-refractivity contribution in [2.75, 3.05) is 13.2 Å². The van der Waals surface area contributed by atoms with E-state index >= 15 is 0 Å². The fourth-order valence-corrected chi connectivity index (χ4v) is 5.18. The number of hydrogen-bond donors (Lipinski definition) is 4. The van der Waals surface area contributed by atoms with E-state index in [2.05, 4.69) is 0 Å². The molecule has 0 aromatic rings. The number of hydrogen-bond acceptors (Lipinski definition) is 8. The van der Waals surface area contributed by atoms with Gasteiger partial charge in [0, 0.05) is 18.3 Å². The Bertz CT molecular complexity index is 720. The molecule has 2 saturated heterocycles. The van der Waals surface area contributed by atoms with E-state index in [0.29, 0.717) is 19.3 Å². The van der Waals surface area contributed by atoms with Crippen LogP contribution in [-0.2, 0) is 23.8 Å². The van der Waals surface area contributed by atoms with E-state index in [4.69, 9.17) is 42.5 Å². The van der Waals surface area contributed by atoms with Crippen LogP contribution < -0.4 is 0 Å². The molecular formula is C26H44Cl2O9. The molecule has 11 heteroatoms. The predicted molar refractivity (Wildman–Crippen MR) is 139 cm³/mol. The standard InChI is InChI=1S/C26H44Cl2O9/c1-15(16(2)29)23-18(37-23)12-17-14-36-19(22(33)21(17)32)13-26(3,28)24(27)25(34)35-11-9-7-5-4-6-8-10-20(30)31/h15-19,21-24,29,32-33H,4-14H2,1-3H3,(H,30,31)/t15-,16-,17-,18-,19-,21+,22-,23-,24?,26?/m0/s1. The Morgan fingerprint density at radius 2 is 1.68 bits per heavy atom. The Hall–Kier alpha value is -0.680. The van der Waals surface area contributed by atoms with Crippen molar-refractivity contribution in [3.63, 3.8) is 0 Å². The second kappa shape index (κ2) is 15.2. The summed E-state index contributed by atoms with van der Waals surface area (Å²) in [4.78, 5) is 21.7. The third-order valence-electron chi connectivity index (χ3n) is 7.54. The second-order valence-corrected chi connectivity index (χ2v) is 12.2. The summed E-state index contributed by atoms with van der Waals surface area (Å²) >= 11 is 12.9. The summed E-state index contributed by atoms with van der Waals surface area (Å²) in [5.41, 5.74) is 0. The summed E-state index contributed by atoms with van der Waals surface area (Å²) < 4.78 is 16.8. The lowest BCUT2D eigenvalue weighted by molar-refractivity contribution is -0.170. The van der Waals surface area contributed by atoms with E-state index in [1.807, 2.05) is 6.92 Å². The van der Waals surface area contributed by atoms with Crippen LogP contribution in [0.2, 0.25) is 0 Å². The van der Waals surface area contributed by atoms with Gasteiger partial charge in [0.25, 0.3) is 0 Å². The molecule has 0 saturated carbocycles. The Morgan fingerprint density at radius 1 is 1.05 bits per heavy atom. The molecule has 9 nitrogen and oxygen atoms in total. The van der Waals surface area contributed by atoms with Crippen LogP contribution in [0.15, 0.2) is 0 Å². The number of aliphatic hydroxyl groups excluding tert-OH is 3. The van der Waals surface area contributed by atoms with Crippen LogP contribution in [0.4, 0.5) is 0 Å². The Kier molecular flexibility index (Phi) is 13.4. The highest BCUT2D eigenvalue weighted by molar-refractivity contribution is 6.38. The average molecular weight is 572 g/mol. The van der Waals surface area contributed by atoms with Gasteiger partial charge < -0.3 is 34.6 Å². The van der Waals surface area contributed by atoms with Crippen LogP contribution in [0.5, 0.6) is 0 Å². The molecule has 0 aromatic heterocycles. The minimum Gasteiger partial charge on any atom is -0.481 e. The molecule has 216 valence electrons. The highest BCUT2D eigenvalue weighted by Crippen LogP contribution is 2.40. The van der Waals surface area contributed by atoms with Crippen molar-refractivity contribution < 1.29 is 44.2 Å². The molecule has 2 aliphatic heterocycles. The SMILES string of the molecule is C[C@H]([C@@H]1O[C@H]1C[C@H]1CO[C@@H](CC(C)(Cl)C(Cl)C(=O)OCCCCCCCCC(=O)O)[C@H](O)[C@@H]1O)[C@H](C)O. The third-order valence-corrected chi connectivity index (χ3v) is 8.68. The number of unbranched alkanes of at least 4 members (excludes halogenated alkanes) is 5. The van der Waals surface area contributed by atoms with E-state index in [1.165, 1.54) is 0 Å². The number of carboxylic acid groups (broad SMARTS) is 1. The first-order valence-corrected chi connectivity index (χ1v) is 14.2. The Labute approximate surface area is 229 Å². The zero-order valence-corrected chi connectivity index (χ0v) is 23.6. The van der Waals surface area contributed by atoms with Crippen molar-refractivity contribution in [3.05, 3.63) is 0 Å². The van der Waals surface area contributed by atoms with Crippen LogP contribution in [0.3, 0.4) is 0 Å². The van der Waals surface area contributed by atoms with Crippen LogP contribution in [0.25, 0.3) is 0 Å². The minimum absolute atomic E-state index is 0.0165. The molecule has 0 bridgehead atoms. The van der Waals surface area contributed by atoms with Crippen molar-refractivity contribution in [1.29, 1.82) is 0 Å². The number of ether oxygens (including phenoxy) is 3. The highest BCUT2D eigenvalue weighted by Gasteiger charge is 2.50. The van der Waals surface area contributed by atoms with E-state index in [-0.39, 0.29) is 50.1 Å². The van der Waals surface area contributed by atoms with Crippen molar-refractivity contribution in [2.24, 2.45) is 11.8 Å². The lowest BCUT2D eigenvalue weighted by Gasteiger charge is -2.40. The molecule has 0 aromatic carbocycles. The van der Waals surface area contributed by atoms with E-state index < -0.39 is 46.6 Å². The van der Waals surface area contributed by atoms with Crippen LogP contribution in [0, 0.1) is 11.8 Å². The smallest absolute Gasteiger partial charge is 0.325 e. The number of halogens is 2. The largest absolute Gasteiger partial charge is 0.481 e. The van der Waals surface area contributed by atoms with Crippen molar-refractivity contribution in [2.45, 2.75) is 125 Å². The molecule has 37 heavy (non-hydrogen) atoms. The third kappa shape index (κ3) is 10.4. The van der Waals surface area contributed by atoms with Crippen molar-refractivity contribution >= 4 is 35.1 Å². The van der Waals surface area contributed by atoms with Gasteiger partial charge in [-0.1, -0.05) is 32.6 Å². The number of epoxide rings is 1. The number of rotatable bonds is 17. The van der Waals surface area contributed by atoms with E-state index in [9.17, 15) is 24.9 Å². The lowest BCUT2D eigenvalue weighted by atomic mass is 9.84. The molecule has 2 aliphatic rings. The summed E-state index contributed by atoms with van der Waals surface area (Å²) in [6.45, 7) is 5.63. The van der Waals surface area contributed by atoms with Gasteiger partial charge >= 0.3 is 11.9 Å². The highest BCUT2D eigenvalue weighted by atomic mass is 35.5. The number of carboxylic acids is 1. The Balaban J connectivity index is 1.69. The average Bonchev–Trinajstić information content (AvgIpc) is 3.60. The van der Waals surface area contributed by atoms with Gasteiger partial charge in [0.05, 0.1) is 48.6 Å². The summed E-state index contributed by atoms with van der Waals surface area (Å²) in [6, 6.07) is 0. The van der Waals surface area contributed by atoms with Gasteiger partial charge in [0.15, 0.2) is 0 Å². The fourth-order valence-electron chi connectivity index (χ4n) is 4.79. The number of esters is 1. The monoisotopic (exact) mass is 570 g/mol. The van der Waals surface area contributed by atoms with Crippen molar-refractivity contribution in [1.82, 2.24) is 0 Å². The topological polar surface area (TPSA) is 146 Å². The first-order chi connectivity index (χ1) is 17.3. The molecule has 0 spiro atoms. The molecule has 2 heterocycles. The summed E-state index contributed by atoms with van der Waals surface area (Å²) in [5.74, 6) is -1.76. The molecule has 0 aliphatic carbocycles. The van der Waals surface area contributed by atoms with Crippen LogP contribution >= 0.6 is 23.2 Å². The number of carbonyl (C=O) groups is 2. The first-order valence-electron chi connectivity index (χ1n) is 13.4. The second-order valence-electron chi connectivity index (χ2n) is 10.9. The Morgan fingerprint density at radius 3 is 2.30 bits per heavy atom.